The number of hydrogen-bond acceptors (Lipinski definition) is 5. The Morgan fingerprint density at radius 2 is 1.93 bits per heavy atom. The molecular weight excluding hydrogens is 348 g/mol. The van der Waals surface area contributed by atoms with Crippen molar-refractivity contribution in [3.63, 3.8) is 0 Å². The van der Waals surface area contributed by atoms with Crippen LogP contribution in [0, 0.1) is 10.1 Å². The SMILES string of the molecule is CCN(CC1COc2ccccc2O1)C(=O)/C=C/c1ccc([N+](=O)[O-])cc1. The van der Waals surface area contributed by atoms with Gasteiger partial charge in [0.1, 0.15) is 6.61 Å². The summed E-state index contributed by atoms with van der Waals surface area (Å²) in [6.45, 7) is 3.22. The zero-order chi connectivity index (χ0) is 19.2. The Labute approximate surface area is 157 Å². The summed E-state index contributed by atoms with van der Waals surface area (Å²) in [5.74, 6) is 1.23. The predicted octanol–water partition coefficient (Wildman–Crippen LogP) is 3.30. The van der Waals surface area contributed by atoms with E-state index in [0.717, 1.165) is 5.56 Å². The van der Waals surface area contributed by atoms with Crippen molar-refractivity contribution in [2.75, 3.05) is 19.7 Å². The molecule has 0 aliphatic carbocycles. The summed E-state index contributed by atoms with van der Waals surface area (Å²) < 4.78 is 11.6. The zero-order valence-corrected chi connectivity index (χ0v) is 14.9. The van der Waals surface area contributed by atoms with Crippen LogP contribution in [0.3, 0.4) is 0 Å². The molecule has 0 aromatic heterocycles. The Bertz CT molecular complexity index is 848. The number of rotatable bonds is 6. The van der Waals surface area contributed by atoms with E-state index in [4.69, 9.17) is 9.47 Å². The number of nitrogens with zero attached hydrogens (tertiary/aromatic N) is 2. The number of carbonyl (C=O) groups excluding carboxylic acids is 1. The number of nitro groups is 1. The van der Waals surface area contributed by atoms with E-state index >= 15 is 0 Å². The van der Waals surface area contributed by atoms with E-state index in [2.05, 4.69) is 0 Å². The van der Waals surface area contributed by atoms with Gasteiger partial charge < -0.3 is 14.4 Å². The number of nitro benzene ring substituents is 1. The van der Waals surface area contributed by atoms with E-state index in [9.17, 15) is 14.9 Å². The van der Waals surface area contributed by atoms with Gasteiger partial charge in [0.25, 0.3) is 5.69 Å². The quantitative estimate of drug-likeness (QED) is 0.444. The Hall–Kier alpha value is -3.35. The van der Waals surface area contributed by atoms with Crippen molar-refractivity contribution < 1.29 is 19.2 Å². The predicted molar refractivity (Wildman–Crippen MR) is 101 cm³/mol. The first-order chi connectivity index (χ1) is 13.1. The molecule has 0 N–H and O–H groups in total. The number of non-ortho nitro benzene ring substituents is 1. The maximum atomic E-state index is 12.5. The zero-order valence-electron chi connectivity index (χ0n) is 14.9. The molecule has 0 spiro atoms. The lowest BCUT2D eigenvalue weighted by molar-refractivity contribution is -0.384. The lowest BCUT2D eigenvalue weighted by Gasteiger charge is -2.30. The molecule has 1 amide bonds. The number of para-hydroxylation sites is 2. The molecule has 1 aliphatic rings. The van der Waals surface area contributed by atoms with Crippen LogP contribution in [0.4, 0.5) is 5.69 Å². The van der Waals surface area contributed by atoms with Crippen molar-refractivity contribution >= 4 is 17.7 Å². The molecule has 7 heteroatoms. The monoisotopic (exact) mass is 368 g/mol. The maximum Gasteiger partial charge on any atom is 0.269 e. The van der Waals surface area contributed by atoms with Crippen molar-refractivity contribution in [3.05, 3.63) is 70.3 Å². The second-order valence-electron chi connectivity index (χ2n) is 6.06. The molecule has 0 saturated carbocycles. The van der Waals surface area contributed by atoms with Gasteiger partial charge in [0.15, 0.2) is 17.6 Å². The second-order valence-corrected chi connectivity index (χ2v) is 6.06. The van der Waals surface area contributed by atoms with Gasteiger partial charge in [0.05, 0.1) is 11.5 Å². The first kappa shape index (κ1) is 18.4. The minimum absolute atomic E-state index is 0.0170. The molecule has 0 saturated heterocycles. The van der Waals surface area contributed by atoms with E-state index in [0.29, 0.717) is 31.2 Å². The summed E-state index contributed by atoms with van der Waals surface area (Å²) in [5.41, 5.74) is 0.736. The average molecular weight is 368 g/mol. The molecule has 2 aromatic carbocycles. The van der Waals surface area contributed by atoms with Crippen LogP contribution in [-0.4, -0.2) is 41.5 Å². The molecule has 2 aromatic rings. The standard InChI is InChI=1S/C20H20N2O5/c1-2-21(13-17-14-26-18-5-3-4-6-19(18)27-17)20(23)12-9-15-7-10-16(11-8-15)22(24)25/h3-12,17H,2,13-14H2,1H3/b12-9+. The molecular formula is C20H20N2O5. The highest BCUT2D eigenvalue weighted by Crippen LogP contribution is 2.31. The highest BCUT2D eigenvalue weighted by Gasteiger charge is 2.24. The molecule has 0 radical (unpaired) electrons. The summed E-state index contributed by atoms with van der Waals surface area (Å²) in [5, 5.41) is 10.7. The van der Waals surface area contributed by atoms with Gasteiger partial charge in [-0.2, -0.15) is 0 Å². The molecule has 3 rings (SSSR count). The number of fused-ring (bicyclic) bond motifs is 1. The Morgan fingerprint density at radius 3 is 2.59 bits per heavy atom. The van der Waals surface area contributed by atoms with Crippen LogP contribution in [0.15, 0.2) is 54.6 Å². The molecule has 27 heavy (non-hydrogen) atoms. The largest absolute Gasteiger partial charge is 0.486 e. The average Bonchev–Trinajstić information content (AvgIpc) is 2.70. The fraction of sp³-hybridized carbons (Fsp3) is 0.250. The Balaban J connectivity index is 1.60. The van der Waals surface area contributed by atoms with Crippen LogP contribution in [0.5, 0.6) is 11.5 Å². The van der Waals surface area contributed by atoms with Gasteiger partial charge in [-0.05, 0) is 42.8 Å². The number of hydrogen-bond donors (Lipinski definition) is 0. The van der Waals surface area contributed by atoms with Crippen LogP contribution in [0.2, 0.25) is 0 Å². The minimum Gasteiger partial charge on any atom is -0.486 e. The van der Waals surface area contributed by atoms with Crippen molar-refractivity contribution in [2.45, 2.75) is 13.0 Å². The number of amides is 1. The summed E-state index contributed by atoms with van der Waals surface area (Å²) >= 11 is 0. The third-order valence-corrected chi connectivity index (χ3v) is 4.21. The third kappa shape index (κ3) is 4.63. The van der Waals surface area contributed by atoms with Crippen LogP contribution < -0.4 is 9.47 Å². The lowest BCUT2D eigenvalue weighted by Crippen LogP contribution is -2.43. The fourth-order valence-corrected chi connectivity index (χ4v) is 2.75. The molecule has 140 valence electrons. The van der Waals surface area contributed by atoms with Gasteiger partial charge in [-0.3, -0.25) is 14.9 Å². The molecule has 1 heterocycles. The van der Waals surface area contributed by atoms with Gasteiger partial charge in [-0.1, -0.05) is 12.1 Å². The van der Waals surface area contributed by atoms with E-state index in [1.54, 1.807) is 23.1 Å². The second kappa shape index (κ2) is 8.35. The Morgan fingerprint density at radius 1 is 1.22 bits per heavy atom. The molecule has 7 nitrogen and oxygen atoms in total. The van der Waals surface area contributed by atoms with Crippen LogP contribution in [-0.2, 0) is 4.79 Å². The van der Waals surface area contributed by atoms with Gasteiger partial charge in [-0.15, -0.1) is 0 Å². The summed E-state index contributed by atoms with van der Waals surface area (Å²) in [7, 11) is 0. The highest BCUT2D eigenvalue weighted by molar-refractivity contribution is 5.91. The summed E-state index contributed by atoms with van der Waals surface area (Å²) in [6, 6.07) is 13.5. The highest BCUT2D eigenvalue weighted by atomic mass is 16.6. The lowest BCUT2D eigenvalue weighted by atomic mass is 10.2. The third-order valence-electron chi connectivity index (χ3n) is 4.21. The smallest absolute Gasteiger partial charge is 0.269 e. The van der Waals surface area contributed by atoms with E-state index in [-0.39, 0.29) is 17.7 Å². The molecule has 0 fully saturated rings. The van der Waals surface area contributed by atoms with E-state index in [1.165, 1.54) is 18.2 Å². The molecule has 1 atom stereocenters. The van der Waals surface area contributed by atoms with E-state index in [1.807, 2.05) is 31.2 Å². The van der Waals surface area contributed by atoms with Gasteiger partial charge in [0.2, 0.25) is 5.91 Å². The minimum atomic E-state index is -0.456. The number of likely N-dealkylation sites (N-methyl/N-ethyl adjacent to an activating group) is 1. The van der Waals surface area contributed by atoms with Crippen molar-refractivity contribution in [1.82, 2.24) is 4.90 Å². The van der Waals surface area contributed by atoms with Crippen molar-refractivity contribution in [2.24, 2.45) is 0 Å². The normalized spacial score (nSPS) is 15.5. The maximum absolute atomic E-state index is 12.5. The number of ether oxygens (including phenoxy) is 2. The van der Waals surface area contributed by atoms with Gasteiger partial charge >= 0.3 is 0 Å². The summed E-state index contributed by atoms with van der Waals surface area (Å²) in [4.78, 5) is 24.4. The van der Waals surface area contributed by atoms with Crippen molar-refractivity contribution in [3.8, 4) is 11.5 Å². The first-order valence-corrected chi connectivity index (χ1v) is 8.66. The Kier molecular flexibility index (Phi) is 5.71. The van der Waals surface area contributed by atoms with Crippen LogP contribution in [0.25, 0.3) is 6.08 Å². The number of benzene rings is 2. The van der Waals surface area contributed by atoms with Crippen LogP contribution >= 0.6 is 0 Å². The fourth-order valence-electron chi connectivity index (χ4n) is 2.75. The first-order valence-electron chi connectivity index (χ1n) is 8.66. The van der Waals surface area contributed by atoms with E-state index < -0.39 is 4.92 Å². The molecule has 1 aliphatic heterocycles. The molecule has 1 unspecified atom stereocenters. The topological polar surface area (TPSA) is 81.9 Å². The summed E-state index contributed by atoms with van der Waals surface area (Å²) in [6.07, 6.45) is 2.86. The van der Waals surface area contributed by atoms with Gasteiger partial charge in [0, 0.05) is 24.8 Å². The van der Waals surface area contributed by atoms with Crippen molar-refractivity contribution in [1.29, 1.82) is 0 Å². The molecule has 0 bridgehead atoms. The number of carbonyl (C=O) groups is 1. The van der Waals surface area contributed by atoms with Gasteiger partial charge in [-0.25, -0.2) is 0 Å². The van der Waals surface area contributed by atoms with Crippen LogP contribution in [0.1, 0.15) is 12.5 Å².